The van der Waals surface area contributed by atoms with Gasteiger partial charge in [-0.15, -0.1) is 0 Å². The van der Waals surface area contributed by atoms with Crippen LogP contribution >= 0.6 is 0 Å². The van der Waals surface area contributed by atoms with E-state index in [1.54, 1.807) is 43.3 Å². The van der Waals surface area contributed by atoms with Crippen molar-refractivity contribution in [2.24, 2.45) is 0 Å². The monoisotopic (exact) mass is 360 g/mol. The number of carbonyl (C=O) groups is 1. The van der Waals surface area contributed by atoms with Crippen molar-refractivity contribution in [2.75, 3.05) is 7.11 Å². The van der Waals surface area contributed by atoms with Crippen molar-refractivity contribution >= 4 is 5.78 Å². The van der Waals surface area contributed by atoms with E-state index in [1.807, 2.05) is 6.07 Å². The third-order valence-corrected chi connectivity index (χ3v) is 4.15. The second-order valence-corrected chi connectivity index (χ2v) is 5.98. The van der Waals surface area contributed by atoms with Gasteiger partial charge in [-0.2, -0.15) is 5.26 Å². The summed E-state index contributed by atoms with van der Waals surface area (Å²) in [6, 6.07) is 14.4. The average Bonchev–Trinajstić information content (AvgIpc) is 2.69. The van der Waals surface area contributed by atoms with Gasteiger partial charge in [-0.1, -0.05) is 11.6 Å². The van der Waals surface area contributed by atoms with Crippen molar-refractivity contribution < 1.29 is 14.6 Å². The maximum atomic E-state index is 12.9. The van der Waals surface area contributed by atoms with Gasteiger partial charge in [0.05, 0.1) is 12.7 Å². The van der Waals surface area contributed by atoms with E-state index in [0.717, 1.165) is 5.56 Å². The lowest BCUT2D eigenvalue weighted by atomic mass is 10.0. The number of nitriles is 1. The summed E-state index contributed by atoms with van der Waals surface area (Å²) in [6.45, 7) is 1.80. The Morgan fingerprint density at radius 1 is 1.15 bits per heavy atom. The van der Waals surface area contributed by atoms with Gasteiger partial charge in [0.2, 0.25) is 0 Å². The largest absolute Gasteiger partial charge is 0.507 e. The fourth-order valence-electron chi connectivity index (χ4n) is 2.71. The molecule has 0 saturated heterocycles. The number of pyridine rings is 1. The summed E-state index contributed by atoms with van der Waals surface area (Å²) >= 11 is 0. The first-order valence-corrected chi connectivity index (χ1v) is 8.10. The molecule has 1 heterocycles. The smallest absolute Gasteiger partial charge is 0.273 e. The molecule has 0 atom stereocenters. The van der Waals surface area contributed by atoms with E-state index in [4.69, 9.17) is 4.74 Å². The molecule has 6 nitrogen and oxygen atoms in total. The molecule has 3 aromatic rings. The quantitative estimate of drug-likeness (QED) is 0.722. The maximum absolute atomic E-state index is 12.9. The fraction of sp³-hybridized carbons (Fsp3) is 0.0952. The molecule has 0 unspecified atom stereocenters. The summed E-state index contributed by atoms with van der Waals surface area (Å²) in [6.07, 6.45) is 1.37. The normalized spacial score (nSPS) is 10.3. The minimum absolute atomic E-state index is 0.110. The molecular weight excluding hydrogens is 344 g/mol. The van der Waals surface area contributed by atoms with Gasteiger partial charge >= 0.3 is 0 Å². The molecule has 3 rings (SSSR count). The highest BCUT2D eigenvalue weighted by atomic mass is 16.5. The molecule has 0 amide bonds. The molecule has 27 heavy (non-hydrogen) atoms. The molecule has 0 aliphatic carbocycles. The van der Waals surface area contributed by atoms with Crippen LogP contribution in [0.1, 0.15) is 27.0 Å². The lowest BCUT2D eigenvalue weighted by Crippen LogP contribution is -2.22. The Morgan fingerprint density at radius 3 is 2.48 bits per heavy atom. The highest BCUT2D eigenvalue weighted by Gasteiger charge is 2.18. The number of carbonyl (C=O) groups excluding carboxylic acids is 1. The first-order chi connectivity index (χ1) is 12.9. The van der Waals surface area contributed by atoms with Crippen molar-refractivity contribution in [1.82, 2.24) is 4.57 Å². The van der Waals surface area contributed by atoms with Gasteiger partial charge in [-0.25, -0.2) is 0 Å². The van der Waals surface area contributed by atoms with Crippen molar-refractivity contribution in [2.45, 2.75) is 6.92 Å². The molecule has 0 aliphatic rings. The predicted molar refractivity (Wildman–Crippen MR) is 99.6 cm³/mol. The number of aromatic nitrogens is 1. The predicted octanol–water partition coefficient (Wildman–Crippen LogP) is 2.96. The maximum Gasteiger partial charge on any atom is 0.273 e. The lowest BCUT2D eigenvalue weighted by molar-refractivity contribution is 0.103. The van der Waals surface area contributed by atoms with Crippen LogP contribution in [0.3, 0.4) is 0 Å². The number of benzene rings is 2. The summed E-state index contributed by atoms with van der Waals surface area (Å²) in [5, 5.41) is 19.3. The summed E-state index contributed by atoms with van der Waals surface area (Å²) in [4.78, 5) is 25.4. The zero-order chi connectivity index (χ0) is 19.6. The van der Waals surface area contributed by atoms with Crippen LogP contribution in [-0.4, -0.2) is 22.6 Å². The molecule has 0 bridgehead atoms. The molecule has 2 aromatic carbocycles. The number of ketones is 1. The molecule has 6 heteroatoms. The highest BCUT2D eigenvalue weighted by Crippen LogP contribution is 2.22. The van der Waals surface area contributed by atoms with Crippen LogP contribution in [0.4, 0.5) is 0 Å². The van der Waals surface area contributed by atoms with Crippen molar-refractivity contribution in [3.8, 4) is 23.3 Å². The molecule has 1 aromatic heterocycles. The number of rotatable bonds is 4. The Balaban J connectivity index is 2.17. The Kier molecular flexibility index (Phi) is 4.77. The third kappa shape index (κ3) is 3.44. The van der Waals surface area contributed by atoms with Gasteiger partial charge in [0.1, 0.15) is 23.1 Å². The SMILES string of the molecule is COc1ccc(-n2cc(C(=O)c3cc(C)ccc3O)cc(C#N)c2=O)cc1. The molecule has 0 spiro atoms. The number of phenols is 1. The zero-order valence-corrected chi connectivity index (χ0v) is 14.8. The van der Waals surface area contributed by atoms with Gasteiger partial charge in [-0.05, 0) is 49.4 Å². The first-order valence-electron chi connectivity index (χ1n) is 8.10. The fourth-order valence-corrected chi connectivity index (χ4v) is 2.71. The average molecular weight is 360 g/mol. The van der Waals surface area contributed by atoms with Crippen LogP contribution < -0.4 is 10.3 Å². The molecular formula is C21H16N2O4. The molecule has 0 fully saturated rings. The minimum Gasteiger partial charge on any atom is -0.507 e. The van der Waals surface area contributed by atoms with E-state index in [2.05, 4.69) is 0 Å². The van der Waals surface area contributed by atoms with Crippen molar-refractivity contribution in [1.29, 1.82) is 5.26 Å². The number of hydrogen-bond acceptors (Lipinski definition) is 5. The summed E-state index contributed by atoms with van der Waals surface area (Å²) < 4.78 is 6.34. The highest BCUT2D eigenvalue weighted by molar-refractivity contribution is 6.10. The van der Waals surface area contributed by atoms with E-state index in [0.29, 0.717) is 11.4 Å². The number of ether oxygens (including phenoxy) is 1. The van der Waals surface area contributed by atoms with Crippen LogP contribution in [0, 0.1) is 18.3 Å². The number of hydrogen-bond donors (Lipinski definition) is 1. The Hall–Kier alpha value is -3.85. The third-order valence-electron chi connectivity index (χ3n) is 4.15. The second-order valence-electron chi connectivity index (χ2n) is 5.98. The van der Waals surface area contributed by atoms with E-state index in [9.17, 15) is 20.0 Å². The lowest BCUT2D eigenvalue weighted by Gasteiger charge is -2.11. The van der Waals surface area contributed by atoms with Gasteiger partial charge < -0.3 is 9.84 Å². The Morgan fingerprint density at radius 2 is 1.85 bits per heavy atom. The number of methoxy groups -OCH3 is 1. The zero-order valence-electron chi connectivity index (χ0n) is 14.8. The standard InChI is InChI=1S/C21H16N2O4/c1-13-3-8-19(24)18(9-13)20(25)15-10-14(11-22)21(26)23(12-15)16-4-6-17(27-2)7-5-16/h3-10,12,24H,1-2H3. The van der Waals surface area contributed by atoms with Gasteiger partial charge in [-0.3, -0.25) is 14.2 Å². The first kappa shape index (κ1) is 18.0. The minimum atomic E-state index is -0.535. The summed E-state index contributed by atoms with van der Waals surface area (Å²) in [7, 11) is 1.53. The van der Waals surface area contributed by atoms with Gasteiger partial charge in [0, 0.05) is 17.4 Å². The van der Waals surface area contributed by atoms with Crippen LogP contribution in [0.5, 0.6) is 11.5 Å². The van der Waals surface area contributed by atoms with Crippen molar-refractivity contribution in [3.63, 3.8) is 0 Å². The van der Waals surface area contributed by atoms with E-state index < -0.39 is 11.3 Å². The summed E-state index contributed by atoms with van der Waals surface area (Å²) in [5.41, 5.74) is 0.832. The van der Waals surface area contributed by atoms with Crippen LogP contribution in [0.2, 0.25) is 0 Å². The number of aromatic hydroxyl groups is 1. The van der Waals surface area contributed by atoms with Crippen LogP contribution in [0.15, 0.2) is 59.5 Å². The Labute approximate surface area is 155 Å². The Bertz CT molecular complexity index is 1120. The molecule has 1 N–H and O–H groups in total. The second kappa shape index (κ2) is 7.18. The van der Waals surface area contributed by atoms with E-state index >= 15 is 0 Å². The van der Waals surface area contributed by atoms with Crippen LogP contribution in [-0.2, 0) is 0 Å². The topological polar surface area (TPSA) is 92.3 Å². The molecule has 0 aliphatic heterocycles. The summed E-state index contributed by atoms with van der Waals surface area (Å²) in [5.74, 6) is -0.0227. The van der Waals surface area contributed by atoms with Gasteiger partial charge in [0.15, 0.2) is 5.78 Å². The van der Waals surface area contributed by atoms with E-state index in [1.165, 1.54) is 30.0 Å². The molecule has 0 radical (unpaired) electrons. The molecule has 0 saturated carbocycles. The molecule has 134 valence electrons. The van der Waals surface area contributed by atoms with Crippen LogP contribution in [0.25, 0.3) is 5.69 Å². The number of phenolic OH excluding ortho intramolecular Hbond substituents is 1. The van der Waals surface area contributed by atoms with Crippen molar-refractivity contribution in [3.05, 3.63) is 87.3 Å². The number of nitrogens with zero attached hydrogens (tertiary/aromatic N) is 2. The van der Waals surface area contributed by atoms with E-state index in [-0.39, 0.29) is 22.4 Å². The van der Waals surface area contributed by atoms with Gasteiger partial charge in [0.25, 0.3) is 5.56 Å². The number of aryl methyl sites for hydroxylation is 1.